The van der Waals surface area contributed by atoms with Gasteiger partial charge in [0.1, 0.15) is 0 Å². The van der Waals surface area contributed by atoms with Gasteiger partial charge in [-0.15, -0.1) is 0 Å². The fourth-order valence-electron chi connectivity index (χ4n) is 8.97. The maximum Gasteiger partial charge on any atom is 0.0577 e. The van der Waals surface area contributed by atoms with Gasteiger partial charge in [-0.05, 0) is 104 Å². The van der Waals surface area contributed by atoms with Crippen molar-refractivity contribution in [3.8, 4) is 0 Å². The molecule has 0 aromatic heterocycles. The first-order valence-electron chi connectivity index (χ1n) is 13.2. The Morgan fingerprint density at radius 1 is 1.07 bits per heavy atom. The Kier molecular flexibility index (Phi) is 6.77. The number of rotatable bonds is 7. The van der Waals surface area contributed by atoms with E-state index in [4.69, 9.17) is 4.74 Å². The highest BCUT2D eigenvalue weighted by atomic mass is 16.5. The lowest BCUT2D eigenvalue weighted by molar-refractivity contribution is -0.0573. The third-order valence-corrected chi connectivity index (χ3v) is 10.6. The lowest BCUT2D eigenvalue weighted by Crippen LogP contribution is -2.50. The van der Waals surface area contributed by atoms with E-state index in [-0.39, 0.29) is 6.10 Å². The Balaban J connectivity index is 1.42. The van der Waals surface area contributed by atoms with E-state index in [9.17, 15) is 5.11 Å². The van der Waals surface area contributed by atoms with Crippen molar-refractivity contribution in [1.82, 2.24) is 0 Å². The minimum atomic E-state index is -0.0851. The van der Waals surface area contributed by atoms with Crippen LogP contribution in [-0.4, -0.2) is 24.9 Å². The molecule has 0 heterocycles. The van der Waals surface area contributed by atoms with Gasteiger partial charge in [0.15, 0.2) is 0 Å². The quantitative estimate of drug-likeness (QED) is 0.452. The third kappa shape index (κ3) is 3.94. The molecule has 0 radical (unpaired) electrons. The number of fused-ring (bicyclic) bond motifs is 5. The summed E-state index contributed by atoms with van der Waals surface area (Å²) in [5.74, 6) is 5.17. The van der Waals surface area contributed by atoms with Gasteiger partial charge in [-0.2, -0.15) is 0 Å². The average Bonchev–Trinajstić information content (AvgIpc) is 3.06. The highest BCUT2D eigenvalue weighted by Gasteiger charge is 2.59. The van der Waals surface area contributed by atoms with E-state index in [0.717, 1.165) is 49.0 Å². The molecule has 172 valence electrons. The number of ether oxygens (including phenoxy) is 1. The fourth-order valence-corrected chi connectivity index (χ4v) is 8.97. The number of hydrogen-bond acceptors (Lipinski definition) is 2. The van der Waals surface area contributed by atoms with Gasteiger partial charge in [0.2, 0.25) is 0 Å². The minimum Gasteiger partial charge on any atom is -0.393 e. The van der Waals surface area contributed by atoms with Gasteiger partial charge in [-0.1, -0.05) is 52.2 Å². The van der Waals surface area contributed by atoms with Crippen molar-refractivity contribution < 1.29 is 9.84 Å². The first-order valence-corrected chi connectivity index (χ1v) is 13.2. The van der Waals surface area contributed by atoms with Crippen LogP contribution in [0.3, 0.4) is 0 Å². The molecule has 0 bridgehead atoms. The Labute approximate surface area is 186 Å². The summed E-state index contributed by atoms with van der Waals surface area (Å²) in [4.78, 5) is 0. The molecule has 30 heavy (non-hydrogen) atoms. The lowest BCUT2D eigenvalue weighted by Gasteiger charge is -2.58. The Hall–Kier alpha value is -0.340. The molecule has 3 fully saturated rings. The molecule has 0 amide bonds. The van der Waals surface area contributed by atoms with E-state index in [0.29, 0.717) is 16.7 Å². The average molecular weight is 417 g/mol. The number of hydrogen-bond donors (Lipinski definition) is 1. The fraction of sp³-hybridized carbons (Fsp3) is 0.929. The van der Waals surface area contributed by atoms with Crippen molar-refractivity contribution in [3.63, 3.8) is 0 Å². The highest BCUT2D eigenvalue weighted by molar-refractivity contribution is 5.25. The zero-order valence-corrected chi connectivity index (χ0v) is 20.5. The van der Waals surface area contributed by atoms with Crippen molar-refractivity contribution in [2.45, 2.75) is 104 Å². The molecule has 0 unspecified atom stereocenters. The third-order valence-electron chi connectivity index (χ3n) is 10.6. The SMILES string of the molecule is COC[C@@H](C)CCC[C@@H](C)[C@H]1CC[C@H]2[C@@H]3CC=C4C[C@@H](O)CC[C@]4(C)[C@H]3CC[C@]12C. The molecule has 1 N–H and O–H groups in total. The first kappa shape index (κ1) is 22.8. The second-order valence-electron chi connectivity index (χ2n) is 12.4. The lowest BCUT2D eigenvalue weighted by atomic mass is 9.47. The molecule has 0 aromatic carbocycles. The van der Waals surface area contributed by atoms with Crippen molar-refractivity contribution in [1.29, 1.82) is 0 Å². The highest BCUT2D eigenvalue weighted by Crippen LogP contribution is 2.67. The predicted molar refractivity (Wildman–Crippen MR) is 125 cm³/mol. The normalized spacial score (nSPS) is 45.1. The van der Waals surface area contributed by atoms with Crippen LogP contribution in [-0.2, 0) is 4.74 Å². The molecule has 3 saturated carbocycles. The molecule has 0 aliphatic heterocycles. The predicted octanol–water partition coefficient (Wildman–Crippen LogP) is 7.02. The summed E-state index contributed by atoms with van der Waals surface area (Å²) in [6, 6.07) is 0. The van der Waals surface area contributed by atoms with Gasteiger partial charge in [0.25, 0.3) is 0 Å². The second-order valence-corrected chi connectivity index (χ2v) is 12.4. The van der Waals surface area contributed by atoms with Crippen LogP contribution in [0, 0.1) is 46.3 Å². The summed E-state index contributed by atoms with van der Waals surface area (Å²) < 4.78 is 5.33. The largest absolute Gasteiger partial charge is 0.393 e. The van der Waals surface area contributed by atoms with E-state index in [2.05, 4.69) is 33.8 Å². The number of allylic oxidation sites excluding steroid dienone is 1. The van der Waals surface area contributed by atoms with Gasteiger partial charge in [-0.25, -0.2) is 0 Å². The van der Waals surface area contributed by atoms with Crippen molar-refractivity contribution in [2.75, 3.05) is 13.7 Å². The smallest absolute Gasteiger partial charge is 0.0577 e. The van der Waals surface area contributed by atoms with Crippen LogP contribution >= 0.6 is 0 Å². The van der Waals surface area contributed by atoms with Crippen LogP contribution in [0.4, 0.5) is 0 Å². The molecule has 4 aliphatic carbocycles. The second kappa shape index (κ2) is 8.89. The van der Waals surface area contributed by atoms with Gasteiger partial charge in [-0.3, -0.25) is 0 Å². The first-order chi connectivity index (χ1) is 14.3. The molecule has 4 aliphatic rings. The van der Waals surface area contributed by atoms with Crippen LogP contribution in [0.1, 0.15) is 98.3 Å². The van der Waals surface area contributed by atoms with Crippen molar-refractivity contribution in [3.05, 3.63) is 11.6 Å². The summed E-state index contributed by atoms with van der Waals surface area (Å²) >= 11 is 0. The molecular weight excluding hydrogens is 368 g/mol. The zero-order valence-electron chi connectivity index (χ0n) is 20.5. The maximum atomic E-state index is 10.2. The maximum absolute atomic E-state index is 10.2. The summed E-state index contributed by atoms with van der Waals surface area (Å²) in [7, 11) is 1.83. The van der Waals surface area contributed by atoms with Gasteiger partial charge >= 0.3 is 0 Å². The monoisotopic (exact) mass is 416 g/mol. The van der Waals surface area contributed by atoms with Gasteiger partial charge < -0.3 is 9.84 Å². The number of aliphatic hydroxyl groups excluding tert-OH is 1. The molecule has 9 atom stereocenters. The van der Waals surface area contributed by atoms with Crippen LogP contribution in [0.5, 0.6) is 0 Å². The van der Waals surface area contributed by atoms with E-state index in [1.54, 1.807) is 5.57 Å². The molecule has 0 saturated heterocycles. The topological polar surface area (TPSA) is 29.5 Å². The molecule has 2 nitrogen and oxygen atoms in total. The van der Waals surface area contributed by atoms with Crippen LogP contribution in [0.2, 0.25) is 0 Å². The van der Waals surface area contributed by atoms with Crippen LogP contribution in [0.15, 0.2) is 11.6 Å². The van der Waals surface area contributed by atoms with Crippen LogP contribution in [0.25, 0.3) is 0 Å². The van der Waals surface area contributed by atoms with Crippen molar-refractivity contribution in [2.24, 2.45) is 46.3 Å². The van der Waals surface area contributed by atoms with E-state index >= 15 is 0 Å². The molecule has 2 heteroatoms. The Bertz CT molecular complexity index is 626. The summed E-state index contributed by atoms with van der Waals surface area (Å²) in [6.45, 7) is 11.0. The van der Waals surface area contributed by atoms with E-state index in [1.165, 1.54) is 57.8 Å². The Morgan fingerprint density at radius 3 is 2.63 bits per heavy atom. The standard InChI is InChI=1S/C28H48O2/c1-19(18-30-5)7-6-8-20(2)24-11-12-25-23-10-9-21-17-22(29)13-15-27(21,3)26(23)14-16-28(24,25)4/h9,19-20,22-26,29H,6-8,10-18H2,1-5H3/t19-,20+,22-,23-,24+,25-,26-,27-,28+/m0/s1. The van der Waals surface area contributed by atoms with E-state index in [1.807, 2.05) is 7.11 Å². The summed E-state index contributed by atoms with van der Waals surface area (Å²) in [5.41, 5.74) is 2.55. The van der Waals surface area contributed by atoms with E-state index < -0.39 is 0 Å². The molecule has 0 spiro atoms. The molecule has 0 aromatic rings. The number of aliphatic hydroxyl groups is 1. The molecular formula is C28H48O2. The summed E-state index contributed by atoms with van der Waals surface area (Å²) in [5, 5.41) is 10.2. The minimum absolute atomic E-state index is 0.0851. The van der Waals surface area contributed by atoms with Crippen LogP contribution < -0.4 is 0 Å². The van der Waals surface area contributed by atoms with Gasteiger partial charge in [0.05, 0.1) is 6.10 Å². The Morgan fingerprint density at radius 2 is 1.87 bits per heavy atom. The number of methoxy groups -OCH3 is 1. The van der Waals surface area contributed by atoms with Gasteiger partial charge in [0, 0.05) is 13.7 Å². The zero-order chi connectivity index (χ0) is 21.5. The van der Waals surface area contributed by atoms with Crippen molar-refractivity contribution >= 4 is 0 Å². The molecule has 4 rings (SSSR count). The summed E-state index contributed by atoms with van der Waals surface area (Å²) in [6.07, 6.45) is 16.8.